The van der Waals surface area contributed by atoms with Crippen LogP contribution in [0.5, 0.6) is 0 Å². The summed E-state index contributed by atoms with van der Waals surface area (Å²) < 4.78 is 41.1. The maximum Gasteiger partial charge on any atom is 0.408 e. The Kier molecular flexibility index (Phi) is 4.75. The summed E-state index contributed by atoms with van der Waals surface area (Å²) in [6.45, 7) is 1.80. The number of aromatic nitrogens is 2. The smallest absolute Gasteiger partial charge is 0.346 e. The Balaban J connectivity index is 1.66. The van der Waals surface area contributed by atoms with Crippen LogP contribution in [0.1, 0.15) is 48.9 Å². The van der Waals surface area contributed by atoms with E-state index in [0.29, 0.717) is 0 Å². The molecule has 6 nitrogen and oxygen atoms in total. The van der Waals surface area contributed by atoms with Crippen LogP contribution in [0.25, 0.3) is 0 Å². The van der Waals surface area contributed by atoms with Crippen LogP contribution in [0, 0.1) is 0 Å². The molecule has 0 spiro atoms. The van der Waals surface area contributed by atoms with E-state index < -0.39 is 30.1 Å². The molecule has 1 aromatic heterocycles. The summed E-state index contributed by atoms with van der Waals surface area (Å²) in [4.78, 5) is 29.1. The van der Waals surface area contributed by atoms with Crippen molar-refractivity contribution in [3.63, 3.8) is 0 Å². The highest BCUT2D eigenvalue weighted by Crippen LogP contribution is 2.32. The zero-order valence-electron chi connectivity index (χ0n) is 14.0. The Labute approximate surface area is 143 Å². The van der Waals surface area contributed by atoms with Gasteiger partial charge in [0, 0.05) is 38.7 Å². The third kappa shape index (κ3) is 3.80. The summed E-state index contributed by atoms with van der Waals surface area (Å²) in [6.07, 6.45) is 0.0904. The second kappa shape index (κ2) is 6.68. The van der Waals surface area contributed by atoms with Crippen LogP contribution in [-0.4, -0.2) is 51.1 Å². The molecule has 0 aliphatic carbocycles. The zero-order valence-corrected chi connectivity index (χ0v) is 14.0. The summed E-state index contributed by atoms with van der Waals surface area (Å²) >= 11 is 0. The van der Waals surface area contributed by atoms with Crippen LogP contribution in [0.3, 0.4) is 0 Å². The van der Waals surface area contributed by atoms with Crippen molar-refractivity contribution in [3.8, 4) is 0 Å². The lowest BCUT2D eigenvalue weighted by atomic mass is 9.97. The standard InChI is InChI=1S/C16H21F3N4O2/c1-10(24)23-8-11(5-6-13(23)16(17,18)19)20-15(25)12-9-22-7-3-2-4-14(22)21-12/h9,11,13H,2-8H2,1H3,(H,20,25)/t11-,13-/m1/s1. The molecule has 0 aromatic carbocycles. The van der Waals surface area contributed by atoms with Gasteiger partial charge in [-0.2, -0.15) is 13.2 Å². The second-order valence-corrected chi connectivity index (χ2v) is 6.67. The Morgan fingerprint density at radius 2 is 2.04 bits per heavy atom. The zero-order chi connectivity index (χ0) is 18.2. The molecule has 1 aromatic rings. The molecule has 2 aliphatic heterocycles. The minimum absolute atomic E-state index is 0.140. The number of hydrogen-bond donors (Lipinski definition) is 1. The summed E-state index contributed by atoms with van der Waals surface area (Å²) in [5.41, 5.74) is 0.282. The molecule has 2 atom stereocenters. The molecular weight excluding hydrogens is 337 g/mol. The molecule has 0 saturated carbocycles. The molecule has 0 radical (unpaired) electrons. The topological polar surface area (TPSA) is 67.2 Å². The van der Waals surface area contributed by atoms with Crippen molar-refractivity contribution in [1.82, 2.24) is 19.8 Å². The predicted octanol–water partition coefficient (Wildman–Crippen LogP) is 1.89. The Morgan fingerprint density at radius 1 is 1.28 bits per heavy atom. The summed E-state index contributed by atoms with van der Waals surface area (Å²) in [7, 11) is 0. The van der Waals surface area contributed by atoms with Gasteiger partial charge in [0.05, 0.1) is 0 Å². The number of rotatable bonds is 2. The number of piperidine rings is 1. The fourth-order valence-corrected chi connectivity index (χ4v) is 3.56. The Hall–Kier alpha value is -2.06. The van der Waals surface area contributed by atoms with E-state index in [0.717, 1.165) is 43.5 Å². The van der Waals surface area contributed by atoms with Gasteiger partial charge in [0.1, 0.15) is 17.6 Å². The number of imidazole rings is 1. The van der Waals surface area contributed by atoms with Crippen LogP contribution in [-0.2, 0) is 17.8 Å². The summed E-state index contributed by atoms with van der Waals surface area (Å²) in [5.74, 6) is -0.179. The number of carbonyl (C=O) groups excluding carboxylic acids is 2. The number of aryl methyl sites for hydroxylation is 2. The van der Waals surface area contributed by atoms with Crippen molar-refractivity contribution in [1.29, 1.82) is 0 Å². The first-order chi connectivity index (χ1) is 11.8. The van der Waals surface area contributed by atoms with Gasteiger partial charge in [-0.05, 0) is 25.7 Å². The maximum atomic E-state index is 13.0. The van der Waals surface area contributed by atoms with E-state index in [-0.39, 0.29) is 25.1 Å². The van der Waals surface area contributed by atoms with Crippen LogP contribution >= 0.6 is 0 Å². The normalized spacial score (nSPS) is 23.9. The van der Waals surface area contributed by atoms with Crippen LogP contribution < -0.4 is 5.32 Å². The molecule has 2 amide bonds. The quantitative estimate of drug-likeness (QED) is 0.878. The molecule has 1 N–H and O–H groups in total. The van der Waals surface area contributed by atoms with E-state index in [2.05, 4.69) is 10.3 Å². The molecule has 1 saturated heterocycles. The van der Waals surface area contributed by atoms with Gasteiger partial charge >= 0.3 is 6.18 Å². The first kappa shape index (κ1) is 17.8. The highest BCUT2D eigenvalue weighted by atomic mass is 19.4. The number of likely N-dealkylation sites (tertiary alicyclic amines) is 1. The van der Waals surface area contributed by atoms with Crippen molar-refractivity contribution in [2.75, 3.05) is 6.54 Å². The number of amides is 2. The molecule has 9 heteroatoms. The number of nitrogens with one attached hydrogen (secondary N) is 1. The minimum atomic E-state index is -4.45. The van der Waals surface area contributed by atoms with Gasteiger partial charge in [0.15, 0.2) is 0 Å². The van der Waals surface area contributed by atoms with Crippen molar-refractivity contribution in [2.45, 2.75) is 63.8 Å². The number of hydrogen-bond acceptors (Lipinski definition) is 3. The predicted molar refractivity (Wildman–Crippen MR) is 82.9 cm³/mol. The second-order valence-electron chi connectivity index (χ2n) is 6.67. The van der Waals surface area contributed by atoms with E-state index in [1.54, 1.807) is 6.20 Å². The third-order valence-corrected chi connectivity index (χ3v) is 4.84. The minimum Gasteiger partial charge on any atom is -0.346 e. The highest BCUT2D eigenvalue weighted by Gasteiger charge is 2.47. The molecule has 25 heavy (non-hydrogen) atoms. The lowest BCUT2D eigenvalue weighted by molar-refractivity contribution is -0.196. The van der Waals surface area contributed by atoms with Crippen molar-refractivity contribution in [2.24, 2.45) is 0 Å². The van der Waals surface area contributed by atoms with Crippen molar-refractivity contribution >= 4 is 11.8 Å². The van der Waals surface area contributed by atoms with Crippen LogP contribution in [0.15, 0.2) is 6.20 Å². The molecule has 3 rings (SSSR count). The highest BCUT2D eigenvalue weighted by molar-refractivity contribution is 5.92. The lowest BCUT2D eigenvalue weighted by Gasteiger charge is -2.40. The number of fused-ring (bicyclic) bond motifs is 1. The number of halogens is 3. The van der Waals surface area contributed by atoms with Gasteiger partial charge in [-0.15, -0.1) is 0 Å². The molecule has 3 heterocycles. The monoisotopic (exact) mass is 358 g/mol. The van der Waals surface area contributed by atoms with Crippen molar-refractivity contribution in [3.05, 3.63) is 17.7 Å². The van der Waals surface area contributed by atoms with Gasteiger partial charge in [-0.25, -0.2) is 4.98 Å². The molecule has 0 unspecified atom stereocenters. The average molecular weight is 358 g/mol. The number of alkyl halides is 3. The first-order valence-corrected chi connectivity index (χ1v) is 8.46. The fraction of sp³-hybridized carbons (Fsp3) is 0.688. The molecular formula is C16H21F3N4O2. The van der Waals surface area contributed by atoms with Crippen LogP contribution in [0.4, 0.5) is 13.2 Å². The molecule has 1 fully saturated rings. The van der Waals surface area contributed by atoms with Gasteiger partial charge in [-0.3, -0.25) is 9.59 Å². The van der Waals surface area contributed by atoms with E-state index in [1.807, 2.05) is 4.57 Å². The third-order valence-electron chi connectivity index (χ3n) is 4.84. The van der Waals surface area contributed by atoms with Gasteiger partial charge in [-0.1, -0.05) is 0 Å². The molecule has 138 valence electrons. The van der Waals surface area contributed by atoms with E-state index >= 15 is 0 Å². The number of nitrogens with zero attached hydrogens (tertiary/aromatic N) is 3. The Bertz CT molecular complexity index is 647. The SMILES string of the molecule is CC(=O)N1C[C@H](NC(=O)c2cn3c(n2)CCCC3)CC[C@@H]1C(F)(F)F. The Morgan fingerprint density at radius 3 is 2.68 bits per heavy atom. The molecule has 2 aliphatic rings. The van der Waals surface area contributed by atoms with Gasteiger partial charge in [0.2, 0.25) is 5.91 Å². The largest absolute Gasteiger partial charge is 0.408 e. The molecule has 0 bridgehead atoms. The van der Waals surface area contributed by atoms with Crippen LogP contribution in [0.2, 0.25) is 0 Å². The van der Waals surface area contributed by atoms with Crippen molar-refractivity contribution < 1.29 is 22.8 Å². The van der Waals surface area contributed by atoms with Gasteiger partial charge in [0.25, 0.3) is 5.91 Å². The van der Waals surface area contributed by atoms with Gasteiger partial charge < -0.3 is 14.8 Å². The maximum absolute atomic E-state index is 13.0. The fourth-order valence-electron chi connectivity index (χ4n) is 3.56. The summed E-state index contributed by atoms with van der Waals surface area (Å²) in [6, 6.07) is -2.29. The van der Waals surface area contributed by atoms with E-state index in [9.17, 15) is 22.8 Å². The van der Waals surface area contributed by atoms with E-state index in [1.165, 1.54) is 0 Å². The number of carbonyl (C=O) groups is 2. The first-order valence-electron chi connectivity index (χ1n) is 8.46. The summed E-state index contributed by atoms with van der Waals surface area (Å²) in [5, 5.41) is 2.73. The van der Waals surface area contributed by atoms with E-state index in [4.69, 9.17) is 0 Å². The average Bonchev–Trinajstić information content (AvgIpc) is 2.98. The lowest BCUT2D eigenvalue weighted by Crippen LogP contribution is -2.57.